The Kier molecular flexibility index (Phi) is 3.62. The second kappa shape index (κ2) is 5.58. The van der Waals surface area contributed by atoms with Crippen molar-refractivity contribution in [2.45, 2.75) is 6.10 Å². The minimum Gasteiger partial charge on any atom is -0.478 e. The van der Waals surface area contributed by atoms with Gasteiger partial charge in [0.2, 0.25) is 6.54 Å². The molecule has 1 heterocycles. The molecule has 0 N–H and O–H groups in total. The van der Waals surface area contributed by atoms with Crippen LogP contribution in [0.15, 0.2) is 48.5 Å². The number of ether oxygens (including phenoxy) is 1. The van der Waals surface area contributed by atoms with Crippen LogP contribution >= 0.6 is 11.6 Å². The lowest BCUT2D eigenvalue weighted by molar-refractivity contribution is -0.490. The monoisotopic (exact) mass is 301 g/mol. The molecule has 3 rings (SSSR count). The van der Waals surface area contributed by atoms with E-state index in [0.717, 1.165) is 16.7 Å². The molecular weight excluding hydrogens is 290 g/mol. The smallest absolute Gasteiger partial charge is 0.244 e. The first-order chi connectivity index (χ1) is 10.1. The molecule has 5 heteroatoms. The van der Waals surface area contributed by atoms with Crippen molar-refractivity contribution in [3.63, 3.8) is 0 Å². The molecule has 0 fully saturated rings. The summed E-state index contributed by atoms with van der Waals surface area (Å²) in [6.07, 6.45) is 1.31. The second-order valence-electron chi connectivity index (χ2n) is 4.77. The fourth-order valence-corrected chi connectivity index (χ4v) is 2.61. The molecule has 2 aromatic carbocycles. The first-order valence-electron chi connectivity index (χ1n) is 6.48. The molecule has 0 radical (unpaired) electrons. The van der Waals surface area contributed by atoms with Crippen LogP contribution in [0.1, 0.15) is 22.8 Å². The van der Waals surface area contributed by atoms with Crippen LogP contribution in [0, 0.1) is 10.1 Å². The van der Waals surface area contributed by atoms with E-state index in [4.69, 9.17) is 16.3 Å². The van der Waals surface area contributed by atoms with Gasteiger partial charge in [0, 0.05) is 21.1 Å². The molecule has 0 amide bonds. The molecule has 0 saturated heterocycles. The molecule has 0 bridgehead atoms. The zero-order chi connectivity index (χ0) is 14.8. The van der Waals surface area contributed by atoms with Crippen LogP contribution in [-0.2, 0) is 4.74 Å². The predicted octanol–water partition coefficient (Wildman–Crippen LogP) is 4.19. The quantitative estimate of drug-likeness (QED) is 0.631. The van der Waals surface area contributed by atoms with Crippen molar-refractivity contribution in [3.05, 3.63) is 80.4 Å². The summed E-state index contributed by atoms with van der Waals surface area (Å²) < 4.78 is 5.76. The van der Waals surface area contributed by atoms with Crippen molar-refractivity contribution in [2.24, 2.45) is 0 Å². The van der Waals surface area contributed by atoms with Gasteiger partial charge in [0.15, 0.2) is 6.10 Å². The Morgan fingerprint density at radius 1 is 1.24 bits per heavy atom. The molecular formula is C16H12ClNO3. The second-order valence-corrected chi connectivity index (χ2v) is 5.21. The lowest BCUT2D eigenvalue weighted by atomic mass is 10.0. The van der Waals surface area contributed by atoms with E-state index >= 15 is 0 Å². The van der Waals surface area contributed by atoms with Gasteiger partial charge in [-0.2, -0.15) is 0 Å². The standard InChI is InChI=1S/C16H12ClNO3/c17-12-5-3-4-11(8-12)9-15-13-6-1-2-7-14(13)16(21-15)10-18(19)20/h1-9,16H,10H2/b15-9-. The maximum atomic E-state index is 10.8. The minimum atomic E-state index is -0.540. The number of benzene rings is 2. The Labute approximate surface area is 126 Å². The molecule has 4 nitrogen and oxygen atoms in total. The third-order valence-electron chi connectivity index (χ3n) is 3.30. The summed E-state index contributed by atoms with van der Waals surface area (Å²) >= 11 is 5.97. The summed E-state index contributed by atoms with van der Waals surface area (Å²) in [4.78, 5) is 10.4. The van der Waals surface area contributed by atoms with Gasteiger partial charge in [-0.1, -0.05) is 48.0 Å². The van der Waals surface area contributed by atoms with Crippen LogP contribution in [0.5, 0.6) is 0 Å². The van der Waals surface area contributed by atoms with Crippen LogP contribution in [0.25, 0.3) is 11.8 Å². The van der Waals surface area contributed by atoms with Crippen molar-refractivity contribution in [1.82, 2.24) is 0 Å². The number of hydrogen-bond acceptors (Lipinski definition) is 3. The number of nitro groups is 1. The van der Waals surface area contributed by atoms with E-state index in [0.29, 0.717) is 10.8 Å². The molecule has 0 aromatic heterocycles. The van der Waals surface area contributed by atoms with Gasteiger partial charge in [-0.25, -0.2) is 0 Å². The van der Waals surface area contributed by atoms with Gasteiger partial charge < -0.3 is 4.74 Å². The van der Waals surface area contributed by atoms with E-state index in [1.165, 1.54) is 0 Å². The molecule has 1 aliphatic heterocycles. The van der Waals surface area contributed by atoms with Gasteiger partial charge in [-0.3, -0.25) is 10.1 Å². The average molecular weight is 302 g/mol. The molecule has 0 spiro atoms. The maximum Gasteiger partial charge on any atom is 0.244 e. The lowest BCUT2D eigenvalue weighted by Crippen LogP contribution is -2.11. The summed E-state index contributed by atoms with van der Waals surface area (Å²) in [7, 11) is 0. The van der Waals surface area contributed by atoms with E-state index in [1.807, 2.05) is 48.5 Å². The van der Waals surface area contributed by atoms with Gasteiger partial charge in [-0.15, -0.1) is 0 Å². The van der Waals surface area contributed by atoms with Gasteiger partial charge in [0.1, 0.15) is 5.76 Å². The van der Waals surface area contributed by atoms with E-state index in [9.17, 15) is 10.1 Å². The van der Waals surface area contributed by atoms with Crippen LogP contribution in [0.4, 0.5) is 0 Å². The molecule has 1 unspecified atom stereocenters. The topological polar surface area (TPSA) is 52.4 Å². The highest BCUT2D eigenvalue weighted by Gasteiger charge is 2.31. The zero-order valence-electron chi connectivity index (χ0n) is 11.0. The summed E-state index contributed by atoms with van der Waals surface area (Å²) in [5, 5.41) is 11.4. The van der Waals surface area contributed by atoms with Crippen molar-refractivity contribution in [1.29, 1.82) is 0 Å². The van der Waals surface area contributed by atoms with Crippen LogP contribution in [0.3, 0.4) is 0 Å². The summed E-state index contributed by atoms with van der Waals surface area (Å²) in [6.45, 7) is -0.246. The molecule has 1 aliphatic rings. The van der Waals surface area contributed by atoms with E-state index in [-0.39, 0.29) is 11.5 Å². The Bertz CT molecular complexity index is 727. The summed E-state index contributed by atoms with van der Waals surface area (Å²) in [5.41, 5.74) is 2.64. The zero-order valence-corrected chi connectivity index (χ0v) is 11.8. The number of halogens is 1. The number of nitrogens with zero attached hydrogens (tertiary/aromatic N) is 1. The average Bonchev–Trinajstić information content (AvgIpc) is 2.77. The lowest BCUT2D eigenvalue weighted by Gasteiger charge is -2.06. The Morgan fingerprint density at radius 3 is 2.81 bits per heavy atom. The van der Waals surface area contributed by atoms with E-state index in [1.54, 1.807) is 6.07 Å². The van der Waals surface area contributed by atoms with Gasteiger partial charge in [-0.05, 0) is 23.8 Å². The van der Waals surface area contributed by atoms with Gasteiger partial charge in [0.25, 0.3) is 0 Å². The molecule has 21 heavy (non-hydrogen) atoms. The molecule has 2 aromatic rings. The fourth-order valence-electron chi connectivity index (χ4n) is 2.41. The largest absolute Gasteiger partial charge is 0.478 e. The van der Waals surface area contributed by atoms with Crippen LogP contribution < -0.4 is 0 Å². The number of rotatable bonds is 3. The Hall–Kier alpha value is -2.33. The summed E-state index contributed by atoms with van der Waals surface area (Å²) in [6, 6.07) is 14.9. The highest BCUT2D eigenvalue weighted by molar-refractivity contribution is 6.30. The minimum absolute atomic E-state index is 0.246. The van der Waals surface area contributed by atoms with E-state index in [2.05, 4.69) is 0 Å². The third kappa shape index (κ3) is 2.90. The van der Waals surface area contributed by atoms with Crippen molar-refractivity contribution >= 4 is 23.4 Å². The normalized spacial score (nSPS) is 18.3. The van der Waals surface area contributed by atoms with E-state index < -0.39 is 6.10 Å². The van der Waals surface area contributed by atoms with Crippen molar-refractivity contribution < 1.29 is 9.66 Å². The highest BCUT2D eigenvalue weighted by atomic mass is 35.5. The first kappa shape index (κ1) is 13.6. The first-order valence-corrected chi connectivity index (χ1v) is 6.86. The third-order valence-corrected chi connectivity index (χ3v) is 3.54. The van der Waals surface area contributed by atoms with Crippen LogP contribution in [0.2, 0.25) is 5.02 Å². The molecule has 106 valence electrons. The number of hydrogen-bond donors (Lipinski definition) is 0. The molecule has 0 aliphatic carbocycles. The molecule has 1 atom stereocenters. The fraction of sp³-hybridized carbons (Fsp3) is 0.125. The van der Waals surface area contributed by atoms with Gasteiger partial charge >= 0.3 is 0 Å². The Balaban J connectivity index is 1.99. The molecule has 0 saturated carbocycles. The van der Waals surface area contributed by atoms with Crippen molar-refractivity contribution in [2.75, 3.05) is 6.54 Å². The maximum absolute atomic E-state index is 10.8. The SMILES string of the molecule is O=[N+]([O-])CC1O/C(=C\c2cccc(Cl)c2)c2ccccc21. The van der Waals surface area contributed by atoms with Crippen molar-refractivity contribution in [3.8, 4) is 0 Å². The highest BCUT2D eigenvalue weighted by Crippen LogP contribution is 2.39. The Morgan fingerprint density at radius 2 is 2.05 bits per heavy atom. The van der Waals surface area contributed by atoms with Crippen LogP contribution in [-0.4, -0.2) is 11.5 Å². The van der Waals surface area contributed by atoms with Gasteiger partial charge in [0.05, 0.1) is 0 Å². The predicted molar refractivity (Wildman–Crippen MR) is 81.5 cm³/mol. The summed E-state index contributed by atoms with van der Waals surface area (Å²) in [5.74, 6) is 0.639. The number of fused-ring (bicyclic) bond motifs is 1.